The van der Waals surface area contributed by atoms with Crippen molar-refractivity contribution in [3.8, 4) is 0 Å². The van der Waals surface area contributed by atoms with Crippen molar-refractivity contribution in [2.75, 3.05) is 13.2 Å². The third-order valence-electron chi connectivity index (χ3n) is 4.28. The van der Waals surface area contributed by atoms with E-state index in [4.69, 9.17) is 4.74 Å². The Balaban J connectivity index is 1.71. The van der Waals surface area contributed by atoms with E-state index >= 15 is 0 Å². The fourth-order valence-electron chi connectivity index (χ4n) is 3.03. The van der Waals surface area contributed by atoms with Gasteiger partial charge >= 0.3 is 0 Å². The van der Waals surface area contributed by atoms with Gasteiger partial charge in [-0.3, -0.25) is 0 Å². The van der Waals surface area contributed by atoms with E-state index in [0.29, 0.717) is 6.04 Å². The summed E-state index contributed by atoms with van der Waals surface area (Å²) >= 11 is 0. The average Bonchev–Trinajstić information content (AvgIpc) is 2.92. The van der Waals surface area contributed by atoms with Crippen molar-refractivity contribution in [2.24, 2.45) is 0 Å². The van der Waals surface area contributed by atoms with Crippen LogP contribution in [0.2, 0.25) is 0 Å². The van der Waals surface area contributed by atoms with Gasteiger partial charge in [0.2, 0.25) is 0 Å². The summed E-state index contributed by atoms with van der Waals surface area (Å²) in [7, 11) is 0. The quantitative estimate of drug-likeness (QED) is 0.910. The fourth-order valence-corrected chi connectivity index (χ4v) is 3.03. The van der Waals surface area contributed by atoms with E-state index in [2.05, 4.69) is 40.3 Å². The summed E-state index contributed by atoms with van der Waals surface area (Å²) in [6.45, 7) is 2.74. The zero-order chi connectivity index (χ0) is 12.7. The second kappa shape index (κ2) is 4.66. The number of fused-ring (bicyclic) bond motifs is 1. The summed E-state index contributed by atoms with van der Waals surface area (Å²) in [6.07, 6.45) is 6.04. The number of nitrogens with one attached hydrogen (secondary N) is 1. The second-order valence-electron chi connectivity index (χ2n) is 5.75. The molecule has 1 aromatic carbocycles. The van der Waals surface area contributed by atoms with E-state index in [1.807, 2.05) is 0 Å². The van der Waals surface area contributed by atoms with Gasteiger partial charge in [-0.25, -0.2) is 0 Å². The highest BCUT2D eigenvalue weighted by molar-refractivity contribution is 5.83. The lowest BCUT2D eigenvalue weighted by Gasteiger charge is -2.15. The van der Waals surface area contributed by atoms with Crippen LogP contribution in [0.25, 0.3) is 10.9 Å². The number of hydrogen-bond donors (Lipinski definition) is 1. The van der Waals surface area contributed by atoms with Gasteiger partial charge < -0.3 is 14.6 Å². The van der Waals surface area contributed by atoms with Crippen molar-refractivity contribution in [1.82, 2.24) is 9.88 Å². The molecule has 1 N–H and O–H groups in total. The van der Waals surface area contributed by atoms with Crippen LogP contribution in [0.3, 0.4) is 0 Å². The van der Waals surface area contributed by atoms with Crippen LogP contribution >= 0.6 is 0 Å². The third-order valence-corrected chi connectivity index (χ3v) is 4.28. The number of hydrogen-bond acceptors (Lipinski definition) is 2. The number of nitrogens with zero attached hydrogens (tertiary/aromatic N) is 1. The first kappa shape index (κ1) is 11.5. The maximum Gasteiger partial charge on any atom is 0.0674 e. The standard InChI is InChI=1S/C16H20N2O/c1-2-12-6-8-18(15-7-9-19-11-15)16(12)13(3-1)10-17-14-4-5-14/h1-3,6,8,14-15,17H,4-5,7,9-11H2. The molecule has 4 rings (SSSR count). The molecule has 0 radical (unpaired) electrons. The minimum atomic E-state index is 0.513. The molecule has 1 atom stereocenters. The zero-order valence-corrected chi connectivity index (χ0v) is 11.1. The zero-order valence-electron chi connectivity index (χ0n) is 11.1. The van der Waals surface area contributed by atoms with Crippen LogP contribution in [0.15, 0.2) is 30.5 Å². The summed E-state index contributed by atoms with van der Waals surface area (Å²) in [6, 6.07) is 10.1. The minimum Gasteiger partial charge on any atom is -0.379 e. The molecule has 3 nitrogen and oxygen atoms in total. The molecule has 0 bridgehead atoms. The lowest BCUT2D eigenvalue weighted by molar-refractivity contribution is 0.187. The van der Waals surface area contributed by atoms with Gasteiger partial charge in [-0.15, -0.1) is 0 Å². The minimum absolute atomic E-state index is 0.513. The summed E-state index contributed by atoms with van der Waals surface area (Å²) in [4.78, 5) is 0. The summed E-state index contributed by atoms with van der Waals surface area (Å²) in [5.41, 5.74) is 2.81. The highest BCUT2D eigenvalue weighted by Crippen LogP contribution is 2.28. The molecule has 1 saturated heterocycles. The van der Waals surface area contributed by atoms with Crippen LogP contribution in [0.1, 0.15) is 30.9 Å². The number of rotatable bonds is 4. The van der Waals surface area contributed by atoms with Crippen molar-refractivity contribution in [1.29, 1.82) is 0 Å². The predicted molar refractivity (Wildman–Crippen MR) is 76.3 cm³/mol. The van der Waals surface area contributed by atoms with Gasteiger partial charge in [0.15, 0.2) is 0 Å². The molecule has 2 heterocycles. The topological polar surface area (TPSA) is 26.2 Å². The van der Waals surface area contributed by atoms with Crippen molar-refractivity contribution in [2.45, 2.75) is 37.9 Å². The maximum absolute atomic E-state index is 5.54. The Bertz CT molecular complexity index is 579. The Hall–Kier alpha value is -1.32. The molecule has 2 fully saturated rings. The lowest BCUT2D eigenvalue weighted by atomic mass is 10.1. The van der Waals surface area contributed by atoms with Crippen molar-refractivity contribution in [3.63, 3.8) is 0 Å². The van der Waals surface area contributed by atoms with Crippen LogP contribution in [0.5, 0.6) is 0 Å². The van der Waals surface area contributed by atoms with Gasteiger partial charge in [-0.1, -0.05) is 18.2 Å². The predicted octanol–water partition coefficient (Wildman–Crippen LogP) is 2.85. The van der Waals surface area contributed by atoms with E-state index < -0.39 is 0 Å². The summed E-state index contributed by atoms with van der Waals surface area (Å²) in [5.74, 6) is 0. The molecule has 1 aliphatic carbocycles. The Morgan fingerprint density at radius 3 is 2.95 bits per heavy atom. The Labute approximate surface area is 113 Å². The van der Waals surface area contributed by atoms with E-state index in [1.165, 1.54) is 29.3 Å². The Morgan fingerprint density at radius 1 is 1.21 bits per heavy atom. The molecule has 19 heavy (non-hydrogen) atoms. The smallest absolute Gasteiger partial charge is 0.0674 e. The summed E-state index contributed by atoms with van der Waals surface area (Å²) < 4.78 is 7.96. The molecule has 2 aromatic rings. The van der Waals surface area contributed by atoms with Crippen LogP contribution in [0, 0.1) is 0 Å². The SMILES string of the molecule is c1cc(CNC2CC2)c2c(c1)ccn2C1CCOC1. The molecule has 0 spiro atoms. The Morgan fingerprint density at radius 2 is 2.16 bits per heavy atom. The highest BCUT2D eigenvalue weighted by atomic mass is 16.5. The van der Waals surface area contributed by atoms with E-state index in [1.54, 1.807) is 0 Å². The number of benzene rings is 1. The molecule has 1 aromatic heterocycles. The lowest BCUT2D eigenvalue weighted by Crippen LogP contribution is -2.16. The molecular formula is C16H20N2O. The highest BCUT2D eigenvalue weighted by Gasteiger charge is 2.22. The van der Waals surface area contributed by atoms with E-state index in [-0.39, 0.29) is 0 Å². The first-order valence-electron chi connectivity index (χ1n) is 7.31. The van der Waals surface area contributed by atoms with Gasteiger partial charge in [0.25, 0.3) is 0 Å². The van der Waals surface area contributed by atoms with Gasteiger partial charge in [0.1, 0.15) is 0 Å². The van der Waals surface area contributed by atoms with Gasteiger partial charge in [-0.05, 0) is 36.3 Å². The van der Waals surface area contributed by atoms with E-state index in [9.17, 15) is 0 Å². The van der Waals surface area contributed by atoms with E-state index in [0.717, 1.165) is 32.2 Å². The number of aromatic nitrogens is 1. The number of para-hydroxylation sites is 1. The first-order valence-corrected chi connectivity index (χ1v) is 7.31. The normalized spacial score (nSPS) is 23.3. The van der Waals surface area contributed by atoms with Gasteiger partial charge in [0.05, 0.1) is 18.2 Å². The van der Waals surface area contributed by atoms with Crippen molar-refractivity contribution >= 4 is 10.9 Å². The average molecular weight is 256 g/mol. The molecule has 1 saturated carbocycles. The molecule has 0 amide bonds. The maximum atomic E-state index is 5.54. The molecule has 100 valence electrons. The van der Waals surface area contributed by atoms with Gasteiger partial charge in [-0.2, -0.15) is 0 Å². The van der Waals surface area contributed by atoms with Crippen LogP contribution in [-0.2, 0) is 11.3 Å². The van der Waals surface area contributed by atoms with Crippen LogP contribution in [-0.4, -0.2) is 23.8 Å². The molecule has 1 unspecified atom stereocenters. The second-order valence-corrected chi connectivity index (χ2v) is 5.75. The molecule has 1 aliphatic heterocycles. The Kier molecular flexibility index (Phi) is 2.82. The monoisotopic (exact) mass is 256 g/mol. The third kappa shape index (κ3) is 2.17. The van der Waals surface area contributed by atoms with Crippen molar-refractivity contribution < 1.29 is 4.74 Å². The van der Waals surface area contributed by atoms with Gasteiger partial charge in [0, 0.05) is 25.4 Å². The van der Waals surface area contributed by atoms with Crippen LogP contribution < -0.4 is 5.32 Å². The largest absolute Gasteiger partial charge is 0.379 e. The fraction of sp³-hybridized carbons (Fsp3) is 0.500. The molecule has 2 aliphatic rings. The molecule has 3 heteroatoms. The van der Waals surface area contributed by atoms with Crippen molar-refractivity contribution in [3.05, 3.63) is 36.0 Å². The summed E-state index contributed by atoms with van der Waals surface area (Å²) in [5, 5.41) is 4.98. The first-order chi connectivity index (χ1) is 9.42. The molecular weight excluding hydrogens is 236 g/mol. The number of ether oxygens (including phenoxy) is 1. The van der Waals surface area contributed by atoms with Crippen LogP contribution in [0.4, 0.5) is 0 Å².